The Kier molecular flexibility index (Phi) is 6.45. The second kappa shape index (κ2) is 9.64. The first-order valence-electron chi connectivity index (χ1n) is 12.4. The molecule has 2 aliphatic heterocycles. The molecule has 6 heteroatoms. The predicted molar refractivity (Wildman–Crippen MR) is 127 cm³/mol. The number of rotatable bonds is 8. The largest absolute Gasteiger partial charge is 0.349 e. The summed E-state index contributed by atoms with van der Waals surface area (Å²) in [4.78, 5) is 34.4. The molecule has 3 heterocycles. The first-order chi connectivity index (χ1) is 16.1. The van der Waals surface area contributed by atoms with Crippen LogP contribution in [0.3, 0.4) is 0 Å². The Hall–Kier alpha value is -2.73. The van der Waals surface area contributed by atoms with Gasteiger partial charge in [-0.15, -0.1) is 0 Å². The number of pyridine rings is 1. The lowest BCUT2D eigenvalue weighted by atomic mass is 9.77. The summed E-state index contributed by atoms with van der Waals surface area (Å²) >= 11 is 0. The summed E-state index contributed by atoms with van der Waals surface area (Å²) in [5, 5.41) is 3.29. The van der Waals surface area contributed by atoms with E-state index in [1.165, 1.54) is 5.56 Å². The van der Waals surface area contributed by atoms with Crippen molar-refractivity contribution in [1.82, 2.24) is 20.1 Å². The third-order valence-corrected chi connectivity index (χ3v) is 7.71. The number of piperidine rings is 1. The Morgan fingerprint density at radius 2 is 1.82 bits per heavy atom. The van der Waals surface area contributed by atoms with Crippen molar-refractivity contribution in [3.8, 4) is 0 Å². The van der Waals surface area contributed by atoms with Crippen molar-refractivity contribution >= 4 is 11.8 Å². The zero-order valence-electron chi connectivity index (χ0n) is 19.3. The molecule has 1 unspecified atom stereocenters. The van der Waals surface area contributed by atoms with Gasteiger partial charge in [-0.25, -0.2) is 0 Å². The molecule has 0 bridgehead atoms. The van der Waals surface area contributed by atoms with Crippen LogP contribution in [0, 0.1) is 11.3 Å². The molecular weight excluding hydrogens is 412 g/mol. The summed E-state index contributed by atoms with van der Waals surface area (Å²) in [6, 6.07) is 14.3. The van der Waals surface area contributed by atoms with Gasteiger partial charge in [-0.05, 0) is 68.8 Å². The maximum atomic E-state index is 13.3. The maximum absolute atomic E-state index is 13.3. The Labute approximate surface area is 196 Å². The summed E-state index contributed by atoms with van der Waals surface area (Å²) in [5.74, 6) is 0.741. The van der Waals surface area contributed by atoms with E-state index >= 15 is 0 Å². The van der Waals surface area contributed by atoms with Crippen molar-refractivity contribution in [2.45, 2.75) is 51.1 Å². The first-order valence-corrected chi connectivity index (χ1v) is 12.4. The number of carbonyl (C=O) groups is 2. The van der Waals surface area contributed by atoms with E-state index in [9.17, 15) is 9.59 Å². The maximum Gasteiger partial charge on any atom is 0.229 e. The molecule has 2 aromatic rings. The van der Waals surface area contributed by atoms with Crippen molar-refractivity contribution < 1.29 is 9.59 Å². The number of carbonyl (C=O) groups excluding carboxylic acids is 2. The minimum absolute atomic E-state index is 0.0540. The second-order valence-corrected chi connectivity index (χ2v) is 9.99. The van der Waals surface area contributed by atoms with Gasteiger partial charge < -0.3 is 15.1 Å². The number of nitrogens with one attached hydrogen (secondary N) is 1. The van der Waals surface area contributed by atoms with E-state index in [-0.39, 0.29) is 23.3 Å². The van der Waals surface area contributed by atoms with Crippen LogP contribution in [0.5, 0.6) is 0 Å². The van der Waals surface area contributed by atoms with Gasteiger partial charge in [-0.2, -0.15) is 0 Å². The highest BCUT2D eigenvalue weighted by atomic mass is 16.2. The zero-order valence-corrected chi connectivity index (χ0v) is 19.3. The van der Waals surface area contributed by atoms with Gasteiger partial charge in [-0.3, -0.25) is 14.6 Å². The lowest BCUT2D eigenvalue weighted by Crippen LogP contribution is -2.45. The van der Waals surface area contributed by atoms with Crippen LogP contribution in [0.25, 0.3) is 0 Å². The van der Waals surface area contributed by atoms with E-state index in [2.05, 4.69) is 27.3 Å². The lowest BCUT2D eigenvalue weighted by molar-refractivity contribution is -0.139. The van der Waals surface area contributed by atoms with Gasteiger partial charge in [0.25, 0.3) is 0 Å². The number of aromatic nitrogens is 1. The monoisotopic (exact) mass is 446 g/mol. The third kappa shape index (κ3) is 5.11. The second-order valence-electron chi connectivity index (χ2n) is 9.99. The van der Waals surface area contributed by atoms with Gasteiger partial charge in [0, 0.05) is 37.9 Å². The molecule has 0 radical (unpaired) electrons. The van der Waals surface area contributed by atoms with E-state index in [1.54, 1.807) is 6.20 Å². The van der Waals surface area contributed by atoms with E-state index < -0.39 is 0 Å². The average molecular weight is 447 g/mol. The molecule has 1 aromatic carbocycles. The van der Waals surface area contributed by atoms with Gasteiger partial charge in [0.15, 0.2) is 0 Å². The van der Waals surface area contributed by atoms with E-state index in [0.29, 0.717) is 12.5 Å². The lowest BCUT2D eigenvalue weighted by Gasteiger charge is -2.38. The van der Waals surface area contributed by atoms with Crippen LogP contribution in [-0.4, -0.2) is 52.8 Å². The van der Waals surface area contributed by atoms with Crippen molar-refractivity contribution in [2.24, 2.45) is 11.3 Å². The van der Waals surface area contributed by atoms with Gasteiger partial charge in [0.2, 0.25) is 11.8 Å². The van der Waals surface area contributed by atoms with Gasteiger partial charge in [0.1, 0.15) is 0 Å². The molecule has 6 nitrogen and oxygen atoms in total. The number of hydrogen-bond donors (Lipinski definition) is 1. The number of amides is 2. The van der Waals surface area contributed by atoms with Crippen LogP contribution in [0.4, 0.5) is 0 Å². The van der Waals surface area contributed by atoms with Crippen molar-refractivity contribution in [2.75, 3.05) is 26.2 Å². The highest BCUT2D eigenvalue weighted by molar-refractivity contribution is 5.85. The predicted octanol–water partition coefficient (Wildman–Crippen LogP) is 3.55. The molecule has 1 aromatic heterocycles. The van der Waals surface area contributed by atoms with Gasteiger partial charge in [-0.1, -0.05) is 36.4 Å². The minimum Gasteiger partial charge on any atom is -0.349 e. The van der Waals surface area contributed by atoms with Crippen molar-refractivity contribution in [1.29, 1.82) is 0 Å². The summed E-state index contributed by atoms with van der Waals surface area (Å²) < 4.78 is 0. The fourth-order valence-corrected chi connectivity index (χ4v) is 5.38. The fourth-order valence-electron chi connectivity index (χ4n) is 5.38. The summed E-state index contributed by atoms with van der Waals surface area (Å²) in [7, 11) is 0. The van der Waals surface area contributed by atoms with E-state index in [4.69, 9.17) is 0 Å². The number of likely N-dealkylation sites (tertiary alicyclic amines) is 2. The molecule has 33 heavy (non-hydrogen) atoms. The molecule has 1 spiro atoms. The average Bonchev–Trinajstić information content (AvgIpc) is 3.67. The van der Waals surface area contributed by atoms with Crippen molar-refractivity contribution in [3.05, 3.63) is 66.0 Å². The fraction of sp³-hybridized carbons (Fsp3) is 0.519. The van der Waals surface area contributed by atoms with E-state index in [1.807, 2.05) is 41.4 Å². The molecule has 1 N–H and O–H groups in total. The van der Waals surface area contributed by atoms with E-state index in [0.717, 1.165) is 70.3 Å². The Morgan fingerprint density at radius 3 is 2.52 bits per heavy atom. The SMILES string of the molecule is O=C(NC(CCN1CCC2(CC1)CCN(Cc1cccnc1)C2=O)c1ccccc1)C1CC1. The molecule has 1 aliphatic carbocycles. The Morgan fingerprint density at radius 1 is 1.06 bits per heavy atom. The van der Waals surface area contributed by atoms with Crippen LogP contribution >= 0.6 is 0 Å². The molecule has 174 valence electrons. The van der Waals surface area contributed by atoms with Crippen LogP contribution in [0.15, 0.2) is 54.9 Å². The molecule has 3 fully saturated rings. The van der Waals surface area contributed by atoms with Gasteiger partial charge in [0.05, 0.1) is 11.5 Å². The summed E-state index contributed by atoms with van der Waals surface area (Å²) in [6.45, 7) is 4.35. The topological polar surface area (TPSA) is 65.5 Å². The number of hydrogen-bond acceptors (Lipinski definition) is 4. The standard InChI is InChI=1S/C27H34N4O2/c32-25(23-8-9-23)29-24(22-6-2-1-3-7-22)10-15-30-16-11-27(12-17-30)13-18-31(26(27)33)20-21-5-4-14-28-19-21/h1-7,14,19,23-24H,8-13,15-18,20H2,(H,29,32). The molecular formula is C27H34N4O2. The molecule has 3 aliphatic rings. The molecule has 2 saturated heterocycles. The summed E-state index contributed by atoms with van der Waals surface area (Å²) in [6.07, 6.45) is 9.39. The molecule has 1 saturated carbocycles. The van der Waals surface area contributed by atoms with Crippen LogP contribution in [0.2, 0.25) is 0 Å². The highest BCUT2D eigenvalue weighted by Crippen LogP contribution is 2.42. The Balaban J connectivity index is 1.14. The van der Waals surface area contributed by atoms with Crippen LogP contribution in [0.1, 0.15) is 55.7 Å². The quantitative estimate of drug-likeness (QED) is 0.674. The minimum atomic E-state index is -0.183. The normalized spacial score (nSPS) is 21.3. The third-order valence-electron chi connectivity index (χ3n) is 7.71. The van der Waals surface area contributed by atoms with Gasteiger partial charge >= 0.3 is 0 Å². The van der Waals surface area contributed by atoms with Crippen LogP contribution < -0.4 is 5.32 Å². The molecule has 2 amide bonds. The Bertz CT molecular complexity index is 953. The summed E-state index contributed by atoms with van der Waals surface area (Å²) in [5.41, 5.74) is 2.09. The number of benzene rings is 1. The molecule has 5 rings (SSSR count). The zero-order chi connectivity index (χ0) is 22.7. The van der Waals surface area contributed by atoms with Crippen molar-refractivity contribution in [3.63, 3.8) is 0 Å². The smallest absolute Gasteiger partial charge is 0.229 e. The van der Waals surface area contributed by atoms with Crippen LogP contribution in [-0.2, 0) is 16.1 Å². The molecule has 1 atom stereocenters. The highest BCUT2D eigenvalue weighted by Gasteiger charge is 2.47. The number of nitrogens with zero attached hydrogens (tertiary/aromatic N) is 3. The first kappa shape index (κ1) is 22.1.